The third-order valence-electron chi connectivity index (χ3n) is 5.47. The number of sulfone groups is 1. The van der Waals surface area contributed by atoms with E-state index in [4.69, 9.17) is 9.47 Å². The first-order chi connectivity index (χ1) is 17.6. The van der Waals surface area contributed by atoms with Crippen molar-refractivity contribution in [2.24, 2.45) is 0 Å². The maximum Gasteiger partial charge on any atom is 0.407 e. The second kappa shape index (κ2) is 12.7. The highest BCUT2D eigenvalue weighted by molar-refractivity contribution is 9.10. The van der Waals surface area contributed by atoms with E-state index in [1.807, 2.05) is 56.3 Å². The molecule has 10 heteroatoms. The van der Waals surface area contributed by atoms with Crippen molar-refractivity contribution in [1.29, 1.82) is 0 Å². The lowest BCUT2D eigenvalue weighted by molar-refractivity contribution is -0.118. The molecule has 0 bridgehead atoms. The minimum atomic E-state index is -3.57. The first-order valence-electron chi connectivity index (χ1n) is 11.6. The van der Waals surface area contributed by atoms with E-state index >= 15 is 0 Å². The highest BCUT2D eigenvalue weighted by atomic mass is 79.9. The molecular weight excluding hydrogens is 560 g/mol. The molecule has 3 aromatic carbocycles. The lowest BCUT2D eigenvalue weighted by Gasteiger charge is -2.15. The van der Waals surface area contributed by atoms with E-state index in [9.17, 15) is 18.0 Å². The van der Waals surface area contributed by atoms with Crippen LogP contribution in [0.15, 0.2) is 70.0 Å². The Kier molecular flexibility index (Phi) is 9.71. The van der Waals surface area contributed by atoms with Gasteiger partial charge in [-0.15, -0.1) is 0 Å². The number of aryl methyl sites for hydroxylation is 2. The van der Waals surface area contributed by atoms with Gasteiger partial charge in [-0.3, -0.25) is 4.79 Å². The Morgan fingerprint density at radius 2 is 1.65 bits per heavy atom. The summed E-state index contributed by atoms with van der Waals surface area (Å²) in [7, 11) is -3.57. The normalized spacial score (nSPS) is 11.0. The van der Waals surface area contributed by atoms with Crippen molar-refractivity contribution in [3.05, 3.63) is 87.4 Å². The van der Waals surface area contributed by atoms with Crippen molar-refractivity contribution in [3.8, 4) is 5.75 Å². The van der Waals surface area contributed by atoms with Crippen LogP contribution in [0.3, 0.4) is 0 Å². The van der Waals surface area contributed by atoms with Crippen molar-refractivity contribution >= 4 is 43.5 Å². The predicted molar refractivity (Wildman–Crippen MR) is 145 cm³/mol. The summed E-state index contributed by atoms with van der Waals surface area (Å²) in [4.78, 5) is 24.8. The average molecular weight is 590 g/mol. The van der Waals surface area contributed by atoms with Gasteiger partial charge >= 0.3 is 6.09 Å². The Balaban J connectivity index is 1.67. The zero-order chi connectivity index (χ0) is 27.0. The zero-order valence-electron chi connectivity index (χ0n) is 20.8. The Labute approximate surface area is 225 Å². The molecule has 0 aliphatic heterocycles. The minimum absolute atomic E-state index is 0.0775. The maximum atomic E-state index is 12.6. The predicted octanol–water partition coefficient (Wildman–Crippen LogP) is 5.30. The third-order valence-corrected chi connectivity index (χ3v) is 7.75. The van der Waals surface area contributed by atoms with Crippen LogP contribution in [0.5, 0.6) is 5.75 Å². The summed E-state index contributed by atoms with van der Waals surface area (Å²) >= 11 is 3.43. The molecule has 0 spiro atoms. The standard InChI is InChI=1S/C27H29BrN2O6S/c1-4-37(33,34)24-11-10-23(30-25(31)17-35-26-18(2)12-22(28)13-19(26)3)14-21(24)15-29-27(32)36-16-20-8-6-5-7-9-20/h5-14H,4,15-17H2,1-3H3,(H,29,32)(H,30,31). The number of halogens is 1. The minimum Gasteiger partial charge on any atom is -0.483 e. The number of hydrogen-bond acceptors (Lipinski definition) is 6. The monoisotopic (exact) mass is 588 g/mol. The van der Waals surface area contributed by atoms with Gasteiger partial charge in [0.25, 0.3) is 5.91 Å². The van der Waals surface area contributed by atoms with Crippen molar-refractivity contribution in [2.75, 3.05) is 17.7 Å². The van der Waals surface area contributed by atoms with Crippen molar-refractivity contribution < 1.29 is 27.5 Å². The molecule has 0 radical (unpaired) electrons. The average Bonchev–Trinajstić information content (AvgIpc) is 2.86. The zero-order valence-corrected chi connectivity index (χ0v) is 23.2. The van der Waals surface area contributed by atoms with Gasteiger partial charge in [-0.05, 0) is 66.4 Å². The molecule has 0 fully saturated rings. The maximum absolute atomic E-state index is 12.6. The van der Waals surface area contributed by atoms with Gasteiger partial charge in [-0.25, -0.2) is 13.2 Å². The first-order valence-corrected chi connectivity index (χ1v) is 14.0. The molecule has 0 saturated carbocycles. The number of nitrogens with one attached hydrogen (secondary N) is 2. The Hall–Kier alpha value is -3.37. The number of carbonyl (C=O) groups excluding carboxylic acids is 2. The van der Waals surface area contributed by atoms with Gasteiger partial charge in [-0.1, -0.05) is 53.2 Å². The number of carbonyl (C=O) groups is 2. The summed E-state index contributed by atoms with van der Waals surface area (Å²) in [6, 6.07) is 17.4. The van der Waals surface area contributed by atoms with Crippen LogP contribution in [0.2, 0.25) is 0 Å². The van der Waals surface area contributed by atoms with E-state index in [0.717, 1.165) is 21.2 Å². The van der Waals surface area contributed by atoms with E-state index in [2.05, 4.69) is 26.6 Å². The molecule has 196 valence electrons. The summed E-state index contributed by atoms with van der Waals surface area (Å²) < 4.78 is 37.1. The number of anilines is 1. The van der Waals surface area contributed by atoms with Gasteiger partial charge in [0.05, 0.1) is 10.6 Å². The van der Waals surface area contributed by atoms with Gasteiger partial charge in [0, 0.05) is 16.7 Å². The lowest BCUT2D eigenvalue weighted by atomic mass is 10.1. The van der Waals surface area contributed by atoms with Crippen molar-refractivity contribution in [2.45, 2.75) is 38.8 Å². The molecule has 0 unspecified atom stereocenters. The Morgan fingerprint density at radius 3 is 2.30 bits per heavy atom. The smallest absolute Gasteiger partial charge is 0.407 e. The third kappa shape index (κ3) is 8.06. The Bertz CT molecular complexity index is 1350. The van der Waals surface area contributed by atoms with Gasteiger partial charge in [-0.2, -0.15) is 0 Å². The highest BCUT2D eigenvalue weighted by Crippen LogP contribution is 2.27. The summed E-state index contributed by atoms with van der Waals surface area (Å²) in [5.41, 5.74) is 3.31. The van der Waals surface area contributed by atoms with Gasteiger partial charge in [0.15, 0.2) is 16.4 Å². The molecule has 2 N–H and O–H groups in total. The fourth-order valence-corrected chi connectivity index (χ4v) is 5.46. The van der Waals surface area contributed by atoms with Gasteiger partial charge < -0.3 is 20.1 Å². The second-order valence-corrected chi connectivity index (χ2v) is 11.5. The van der Waals surface area contributed by atoms with Gasteiger partial charge in [0.1, 0.15) is 12.4 Å². The second-order valence-electron chi connectivity index (χ2n) is 8.35. The number of rotatable bonds is 10. The summed E-state index contributed by atoms with van der Waals surface area (Å²) in [5.74, 6) is 0.111. The largest absolute Gasteiger partial charge is 0.483 e. The molecule has 0 aromatic heterocycles. The van der Waals surface area contributed by atoms with E-state index < -0.39 is 21.8 Å². The van der Waals surface area contributed by atoms with Crippen LogP contribution in [0.1, 0.15) is 29.2 Å². The van der Waals surface area contributed by atoms with Crippen LogP contribution in [0, 0.1) is 13.8 Å². The van der Waals surface area contributed by atoms with Crippen LogP contribution >= 0.6 is 15.9 Å². The van der Waals surface area contributed by atoms with E-state index in [0.29, 0.717) is 17.0 Å². The topological polar surface area (TPSA) is 111 Å². The quantitative estimate of drug-likeness (QED) is 0.332. The SMILES string of the molecule is CCS(=O)(=O)c1ccc(NC(=O)COc2c(C)cc(Br)cc2C)cc1CNC(=O)OCc1ccccc1. The lowest BCUT2D eigenvalue weighted by Crippen LogP contribution is -2.25. The van der Waals surface area contributed by atoms with E-state index in [-0.39, 0.29) is 30.4 Å². The fraction of sp³-hybridized carbons (Fsp3) is 0.259. The number of amides is 2. The Morgan fingerprint density at radius 1 is 0.973 bits per heavy atom. The molecule has 0 aliphatic carbocycles. The molecule has 3 rings (SSSR count). The summed E-state index contributed by atoms with van der Waals surface area (Å²) in [6.07, 6.45) is -0.688. The van der Waals surface area contributed by atoms with Gasteiger partial charge in [0.2, 0.25) is 0 Å². The number of benzene rings is 3. The first kappa shape index (κ1) is 28.2. The van der Waals surface area contributed by atoms with Crippen molar-refractivity contribution in [1.82, 2.24) is 5.32 Å². The number of alkyl carbamates (subject to hydrolysis) is 1. The molecule has 3 aromatic rings. The fourth-order valence-electron chi connectivity index (χ4n) is 3.66. The molecule has 8 nitrogen and oxygen atoms in total. The van der Waals surface area contributed by atoms with Crippen LogP contribution in [-0.2, 0) is 32.5 Å². The number of ether oxygens (including phenoxy) is 2. The summed E-state index contributed by atoms with van der Waals surface area (Å²) in [6.45, 7) is 5.08. The van der Waals surface area contributed by atoms with Crippen LogP contribution in [-0.4, -0.2) is 32.8 Å². The molecule has 2 amide bonds. The molecule has 0 aliphatic rings. The molecule has 0 heterocycles. The van der Waals surface area contributed by atoms with Crippen LogP contribution < -0.4 is 15.4 Å². The molecule has 37 heavy (non-hydrogen) atoms. The molecule has 0 saturated heterocycles. The summed E-state index contributed by atoms with van der Waals surface area (Å²) in [5, 5.41) is 5.31. The molecule has 0 atom stereocenters. The van der Waals surface area contributed by atoms with E-state index in [1.165, 1.54) is 18.2 Å². The van der Waals surface area contributed by atoms with Crippen LogP contribution in [0.25, 0.3) is 0 Å². The highest BCUT2D eigenvalue weighted by Gasteiger charge is 2.19. The van der Waals surface area contributed by atoms with Crippen LogP contribution in [0.4, 0.5) is 10.5 Å². The van der Waals surface area contributed by atoms with E-state index in [1.54, 1.807) is 6.92 Å². The van der Waals surface area contributed by atoms with Crippen molar-refractivity contribution in [3.63, 3.8) is 0 Å². The number of hydrogen-bond donors (Lipinski definition) is 2. The molecular formula is C27H29BrN2O6S.